The number of aryl methyl sites for hydroxylation is 2. The molecule has 232 valence electrons. The first-order chi connectivity index (χ1) is 20.7. The van der Waals surface area contributed by atoms with E-state index in [9.17, 15) is 14.7 Å². The lowest BCUT2D eigenvalue weighted by atomic mass is 9.95. The zero-order valence-electron chi connectivity index (χ0n) is 25.7. The second kappa shape index (κ2) is 14.3. The SMILES string of the molecule is C[C@@H]1[C@@H]([Si](C)(C)O)[C@H](CCn2cc(C(CO)c3ccccc3)nn2)O[C@@H]1CCc1ccc(NC(=O)C2CCCNC2)cc1. The van der Waals surface area contributed by atoms with Crippen molar-refractivity contribution in [3.8, 4) is 0 Å². The van der Waals surface area contributed by atoms with Crippen molar-refractivity contribution < 1.29 is 19.4 Å². The van der Waals surface area contributed by atoms with Gasteiger partial charge in [-0.1, -0.05) is 54.6 Å². The summed E-state index contributed by atoms with van der Waals surface area (Å²) in [6.07, 6.45) is 6.40. The molecule has 3 aromatic rings. The normalized spacial score (nSPS) is 25.0. The molecule has 2 aliphatic rings. The van der Waals surface area contributed by atoms with E-state index in [4.69, 9.17) is 4.74 Å². The van der Waals surface area contributed by atoms with Gasteiger partial charge in [0.05, 0.1) is 36.3 Å². The fourth-order valence-electron chi connectivity index (χ4n) is 6.96. The van der Waals surface area contributed by atoms with Gasteiger partial charge in [0.1, 0.15) is 0 Å². The Morgan fingerprint density at radius 3 is 2.58 bits per heavy atom. The maximum Gasteiger partial charge on any atom is 0.228 e. The fourth-order valence-corrected chi connectivity index (χ4v) is 9.62. The van der Waals surface area contributed by atoms with Crippen molar-refractivity contribution in [2.45, 2.75) is 82.3 Å². The third-order valence-electron chi connectivity index (χ3n) is 9.27. The van der Waals surface area contributed by atoms with Crippen LogP contribution in [0.5, 0.6) is 0 Å². The molecule has 4 N–H and O–H groups in total. The Kier molecular flexibility index (Phi) is 10.5. The van der Waals surface area contributed by atoms with Crippen LogP contribution < -0.4 is 10.6 Å². The number of benzene rings is 2. The number of rotatable bonds is 12. The molecule has 5 rings (SSSR count). The predicted molar refractivity (Wildman–Crippen MR) is 170 cm³/mol. The van der Waals surface area contributed by atoms with Crippen LogP contribution in [0.1, 0.15) is 55.3 Å². The van der Waals surface area contributed by atoms with Crippen LogP contribution in [-0.2, 0) is 22.5 Å². The number of ether oxygens (including phenoxy) is 1. The van der Waals surface area contributed by atoms with Gasteiger partial charge in [-0.15, -0.1) is 5.10 Å². The Labute approximate surface area is 256 Å². The van der Waals surface area contributed by atoms with E-state index in [1.807, 2.05) is 66.4 Å². The minimum absolute atomic E-state index is 0.0322. The number of amides is 1. The molecule has 2 saturated heterocycles. The van der Waals surface area contributed by atoms with Crippen LogP contribution in [-0.4, -0.2) is 71.0 Å². The second-order valence-corrected chi connectivity index (χ2v) is 16.8. The molecule has 6 atom stereocenters. The molecular formula is C33H47N5O4Si. The molecule has 2 aromatic carbocycles. The number of aliphatic hydroxyl groups is 1. The summed E-state index contributed by atoms with van der Waals surface area (Å²) in [6, 6.07) is 18.0. The third-order valence-corrected chi connectivity index (χ3v) is 11.8. The van der Waals surface area contributed by atoms with E-state index in [0.29, 0.717) is 6.54 Å². The van der Waals surface area contributed by atoms with Gasteiger partial charge in [0, 0.05) is 30.5 Å². The topological polar surface area (TPSA) is 122 Å². The fraction of sp³-hybridized carbons (Fsp3) is 0.545. The van der Waals surface area contributed by atoms with E-state index in [1.165, 1.54) is 5.56 Å². The number of nitrogens with one attached hydrogen (secondary N) is 2. The Morgan fingerprint density at radius 1 is 1.14 bits per heavy atom. The highest BCUT2D eigenvalue weighted by atomic mass is 28.4. The summed E-state index contributed by atoms with van der Waals surface area (Å²) in [5, 5.41) is 25.1. The molecule has 0 radical (unpaired) electrons. The highest BCUT2D eigenvalue weighted by molar-refractivity contribution is 6.71. The number of piperidine rings is 1. The number of anilines is 1. The number of nitrogens with zero attached hydrogens (tertiary/aromatic N) is 3. The maximum atomic E-state index is 12.6. The molecule has 43 heavy (non-hydrogen) atoms. The first-order valence-electron chi connectivity index (χ1n) is 15.8. The average Bonchev–Trinajstić information content (AvgIpc) is 3.61. The standard InChI is InChI=1S/C33H47N5O4Si/c1-23-30(16-13-24-11-14-27(15-12-24)35-33(40)26-10-7-18-34-20-26)42-31(32(23)43(2,3)41)17-19-38-21-29(36-37-38)28(22-39)25-8-5-4-6-9-25/h4-6,8-9,11-12,14-15,21,23,26,28,30-32,34,39,41H,7,10,13,16-20,22H2,1-3H3,(H,35,40)/t23-,26?,28?,30+,31-,32+/m0/s1. The largest absolute Gasteiger partial charge is 0.432 e. The molecule has 10 heteroatoms. The van der Waals surface area contributed by atoms with Crippen molar-refractivity contribution in [3.05, 3.63) is 77.6 Å². The Balaban J connectivity index is 1.16. The van der Waals surface area contributed by atoms with Crippen molar-refractivity contribution in [3.63, 3.8) is 0 Å². The minimum Gasteiger partial charge on any atom is -0.432 e. The van der Waals surface area contributed by atoms with Crippen LogP contribution in [0.3, 0.4) is 0 Å². The molecule has 3 heterocycles. The van der Waals surface area contributed by atoms with Crippen molar-refractivity contribution in [1.82, 2.24) is 20.3 Å². The molecule has 0 saturated carbocycles. The number of aliphatic hydroxyl groups excluding tert-OH is 1. The summed E-state index contributed by atoms with van der Waals surface area (Å²) >= 11 is 0. The summed E-state index contributed by atoms with van der Waals surface area (Å²) in [5.41, 5.74) is 3.93. The van der Waals surface area contributed by atoms with Crippen LogP contribution >= 0.6 is 0 Å². The predicted octanol–water partition coefficient (Wildman–Crippen LogP) is 4.33. The summed E-state index contributed by atoms with van der Waals surface area (Å²) in [5.74, 6) is 0.168. The van der Waals surface area contributed by atoms with Gasteiger partial charge < -0.3 is 25.3 Å². The number of hydrogen-bond acceptors (Lipinski definition) is 7. The summed E-state index contributed by atoms with van der Waals surface area (Å²) in [7, 11) is -2.49. The van der Waals surface area contributed by atoms with E-state index in [0.717, 1.165) is 62.1 Å². The van der Waals surface area contributed by atoms with Crippen LogP contribution in [0.15, 0.2) is 60.8 Å². The molecule has 9 nitrogen and oxygen atoms in total. The van der Waals surface area contributed by atoms with E-state index in [1.54, 1.807) is 0 Å². The molecular weight excluding hydrogens is 558 g/mol. The number of aromatic nitrogens is 3. The Morgan fingerprint density at radius 2 is 1.91 bits per heavy atom. The molecule has 0 aliphatic carbocycles. The smallest absolute Gasteiger partial charge is 0.228 e. The van der Waals surface area contributed by atoms with E-state index in [2.05, 4.69) is 40.0 Å². The lowest BCUT2D eigenvalue weighted by Crippen LogP contribution is -2.40. The molecule has 1 aromatic heterocycles. The van der Waals surface area contributed by atoms with E-state index >= 15 is 0 Å². The van der Waals surface area contributed by atoms with Gasteiger partial charge in [0.2, 0.25) is 5.91 Å². The molecule has 0 bridgehead atoms. The quantitative estimate of drug-likeness (QED) is 0.227. The zero-order chi connectivity index (χ0) is 30.4. The molecule has 0 spiro atoms. The van der Waals surface area contributed by atoms with Gasteiger partial charge in [-0.05, 0) is 80.9 Å². The van der Waals surface area contributed by atoms with Gasteiger partial charge in [-0.3, -0.25) is 9.48 Å². The van der Waals surface area contributed by atoms with E-state index in [-0.39, 0.29) is 48.0 Å². The van der Waals surface area contributed by atoms with Gasteiger partial charge >= 0.3 is 0 Å². The van der Waals surface area contributed by atoms with Crippen LogP contribution in [0, 0.1) is 11.8 Å². The van der Waals surface area contributed by atoms with Crippen LogP contribution in [0.25, 0.3) is 0 Å². The van der Waals surface area contributed by atoms with Gasteiger partial charge in [0.25, 0.3) is 0 Å². The Bertz CT molecular complexity index is 1310. The second-order valence-electron chi connectivity index (χ2n) is 12.9. The highest BCUT2D eigenvalue weighted by Crippen LogP contribution is 2.45. The van der Waals surface area contributed by atoms with Crippen molar-refractivity contribution in [2.24, 2.45) is 11.8 Å². The lowest BCUT2D eigenvalue weighted by molar-refractivity contribution is -0.120. The summed E-state index contributed by atoms with van der Waals surface area (Å²) in [6.45, 7) is 8.59. The monoisotopic (exact) mass is 605 g/mol. The van der Waals surface area contributed by atoms with Crippen molar-refractivity contribution in [2.75, 3.05) is 25.0 Å². The molecule has 2 fully saturated rings. The Hall–Kier alpha value is -2.89. The summed E-state index contributed by atoms with van der Waals surface area (Å²) in [4.78, 5) is 23.8. The lowest BCUT2D eigenvalue weighted by Gasteiger charge is -2.30. The number of hydrogen-bond donors (Lipinski definition) is 4. The van der Waals surface area contributed by atoms with Gasteiger partial charge in [0.15, 0.2) is 8.32 Å². The van der Waals surface area contributed by atoms with Crippen molar-refractivity contribution >= 4 is 19.9 Å². The average molecular weight is 606 g/mol. The van der Waals surface area contributed by atoms with Gasteiger partial charge in [-0.2, -0.15) is 0 Å². The molecule has 2 unspecified atom stereocenters. The summed E-state index contributed by atoms with van der Waals surface area (Å²) < 4.78 is 8.48. The van der Waals surface area contributed by atoms with Crippen LogP contribution in [0.2, 0.25) is 18.6 Å². The molecule has 2 aliphatic heterocycles. The van der Waals surface area contributed by atoms with Crippen molar-refractivity contribution in [1.29, 1.82) is 0 Å². The van der Waals surface area contributed by atoms with Crippen LogP contribution in [0.4, 0.5) is 5.69 Å². The van der Waals surface area contributed by atoms with E-state index < -0.39 is 8.32 Å². The first kappa shape index (κ1) is 31.5. The third kappa shape index (κ3) is 7.99. The van der Waals surface area contributed by atoms with Gasteiger partial charge in [-0.25, -0.2) is 0 Å². The number of carbonyl (C=O) groups is 1. The first-order valence-corrected chi connectivity index (χ1v) is 18.8. The minimum atomic E-state index is -2.49. The zero-order valence-corrected chi connectivity index (χ0v) is 26.7. The maximum absolute atomic E-state index is 12.6. The molecule has 1 amide bonds. The highest BCUT2D eigenvalue weighted by Gasteiger charge is 2.49. The number of carbonyl (C=O) groups excluding carboxylic acids is 1.